The average molecular weight is 375 g/mol. The molecule has 0 bridgehead atoms. The Morgan fingerprint density at radius 1 is 1.15 bits per heavy atom. The van der Waals surface area contributed by atoms with Crippen LogP contribution in [0.5, 0.6) is 0 Å². The summed E-state index contributed by atoms with van der Waals surface area (Å²) in [6.45, 7) is 5.67. The maximum absolute atomic E-state index is 12.5. The van der Waals surface area contributed by atoms with Gasteiger partial charge in [0.05, 0.1) is 17.7 Å². The fraction of sp³-hybridized carbons (Fsp3) is 0.333. The van der Waals surface area contributed by atoms with E-state index in [1.807, 2.05) is 39.0 Å². The molecule has 7 nitrogen and oxygen atoms in total. The maximum atomic E-state index is 12.5. The molecule has 1 atom stereocenters. The third-order valence-corrected chi connectivity index (χ3v) is 4.37. The van der Waals surface area contributed by atoms with E-state index in [9.17, 15) is 13.9 Å². The van der Waals surface area contributed by atoms with Crippen LogP contribution < -0.4 is 5.32 Å². The Morgan fingerprint density at radius 3 is 2.41 bits per heavy atom. The van der Waals surface area contributed by atoms with Gasteiger partial charge in [-0.1, -0.05) is 18.2 Å². The van der Waals surface area contributed by atoms with Crippen molar-refractivity contribution in [1.82, 2.24) is 20.2 Å². The number of hydrogen-bond donors (Lipinski definition) is 2. The van der Waals surface area contributed by atoms with Crippen LogP contribution in [0.15, 0.2) is 35.0 Å². The quantitative estimate of drug-likeness (QED) is 0.681. The van der Waals surface area contributed by atoms with Crippen molar-refractivity contribution < 1.29 is 18.3 Å². The summed E-state index contributed by atoms with van der Waals surface area (Å²) in [4.78, 5) is 8.32. The van der Waals surface area contributed by atoms with Gasteiger partial charge < -0.3 is 14.8 Å². The van der Waals surface area contributed by atoms with E-state index in [1.54, 1.807) is 0 Å². The van der Waals surface area contributed by atoms with Crippen LogP contribution >= 0.6 is 0 Å². The first-order valence-electron chi connectivity index (χ1n) is 8.23. The number of aryl methyl sites for hydroxylation is 2. The molecule has 2 aromatic heterocycles. The summed E-state index contributed by atoms with van der Waals surface area (Å²) >= 11 is 0. The molecule has 1 unspecified atom stereocenters. The summed E-state index contributed by atoms with van der Waals surface area (Å²) in [5, 5.41) is 19.9. The van der Waals surface area contributed by atoms with Crippen molar-refractivity contribution in [2.45, 2.75) is 32.7 Å². The third-order valence-electron chi connectivity index (χ3n) is 4.37. The van der Waals surface area contributed by atoms with E-state index in [0.717, 1.165) is 16.7 Å². The summed E-state index contributed by atoms with van der Waals surface area (Å²) < 4.78 is 30.0. The number of anilines is 1. The zero-order valence-corrected chi connectivity index (χ0v) is 15.1. The minimum atomic E-state index is -2.84. The molecule has 3 aromatic rings. The van der Waals surface area contributed by atoms with Gasteiger partial charge in [-0.2, -0.15) is 8.78 Å². The van der Waals surface area contributed by atoms with E-state index >= 15 is 0 Å². The highest BCUT2D eigenvalue weighted by atomic mass is 19.3. The maximum Gasteiger partial charge on any atom is 0.314 e. The molecule has 0 aliphatic carbocycles. The molecular weight excluding hydrogens is 356 g/mol. The summed E-state index contributed by atoms with van der Waals surface area (Å²) in [7, 11) is 0. The van der Waals surface area contributed by atoms with Crippen molar-refractivity contribution in [2.75, 3.05) is 11.9 Å². The summed E-state index contributed by atoms with van der Waals surface area (Å²) in [5.74, 6) is -0.576. The van der Waals surface area contributed by atoms with Gasteiger partial charge in [-0.25, -0.2) is 9.97 Å². The molecule has 1 aromatic carbocycles. The van der Waals surface area contributed by atoms with Gasteiger partial charge in [0, 0.05) is 12.4 Å². The average Bonchev–Trinajstić information content (AvgIpc) is 3.15. The van der Waals surface area contributed by atoms with Crippen LogP contribution in [0.2, 0.25) is 0 Å². The fourth-order valence-corrected chi connectivity index (χ4v) is 2.48. The molecule has 142 valence electrons. The minimum Gasteiger partial charge on any atom is -0.415 e. The number of rotatable bonds is 6. The van der Waals surface area contributed by atoms with Crippen LogP contribution in [-0.2, 0) is 5.54 Å². The number of halogens is 2. The first-order chi connectivity index (χ1) is 12.8. The van der Waals surface area contributed by atoms with E-state index in [1.165, 1.54) is 12.4 Å². The van der Waals surface area contributed by atoms with Crippen LogP contribution in [-0.4, -0.2) is 31.9 Å². The second kappa shape index (κ2) is 7.36. The molecule has 0 aliphatic rings. The van der Waals surface area contributed by atoms with E-state index in [4.69, 9.17) is 4.42 Å². The largest absolute Gasteiger partial charge is 0.415 e. The van der Waals surface area contributed by atoms with E-state index in [2.05, 4.69) is 25.5 Å². The van der Waals surface area contributed by atoms with E-state index in [-0.39, 0.29) is 18.4 Å². The number of hydrogen-bond acceptors (Lipinski definition) is 7. The fourth-order valence-electron chi connectivity index (χ4n) is 2.48. The van der Waals surface area contributed by atoms with Crippen LogP contribution in [0.1, 0.15) is 35.9 Å². The van der Waals surface area contributed by atoms with Gasteiger partial charge in [0.2, 0.25) is 5.95 Å². The van der Waals surface area contributed by atoms with Crippen molar-refractivity contribution in [3.8, 4) is 11.5 Å². The second-order valence-corrected chi connectivity index (χ2v) is 6.46. The Hall–Kier alpha value is -2.94. The smallest absolute Gasteiger partial charge is 0.314 e. The van der Waals surface area contributed by atoms with Gasteiger partial charge in [-0.3, -0.25) is 0 Å². The number of aliphatic hydroxyl groups excluding tert-OH is 1. The lowest BCUT2D eigenvalue weighted by Gasteiger charge is -2.30. The first kappa shape index (κ1) is 18.8. The molecular formula is C18H19F2N5O2. The molecule has 3 rings (SSSR count). The topological polar surface area (TPSA) is 97.0 Å². The van der Waals surface area contributed by atoms with Crippen LogP contribution in [0.4, 0.5) is 14.7 Å². The number of nitrogens with zero attached hydrogens (tertiary/aromatic N) is 4. The van der Waals surface area contributed by atoms with Crippen molar-refractivity contribution in [3.05, 3.63) is 53.2 Å². The molecule has 0 amide bonds. The molecule has 0 spiro atoms. The highest BCUT2D eigenvalue weighted by molar-refractivity contribution is 5.51. The predicted octanol–water partition coefficient (Wildman–Crippen LogP) is 3.40. The highest BCUT2D eigenvalue weighted by Gasteiger charge is 2.27. The molecule has 2 N–H and O–H groups in total. The standard InChI is InChI=1S/C18H19F2N5O2/c1-10-4-5-13(6-11(10)2)18(3,9-26)23-17-21-7-12(8-22-17)15-24-25-16(27-15)14(19)20/h4-8,14,26H,9H2,1-3H3,(H,21,22,23). The van der Waals surface area contributed by atoms with Gasteiger partial charge in [-0.15, -0.1) is 10.2 Å². The Morgan fingerprint density at radius 2 is 1.85 bits per heavy atom. The Kier molecular flexibility index (Phi) is 5.13. The minimum absolute atomic E-state index is 0.0871. The summed E-state index contributed by atoms with van der Waals surface area (Å²) in [6.07, 6.45) is -0.0663. The molecule has 0 aliphatic heterocycles. The molecule has 0 saturated carbocycles. The normalized spacial score (nSPS) is 13.6. The van der Waals surface area contributed by atoms with Crippen molar-refractivity contribution >= 4 is 5.95 Å². The van der Waals surface area contributed by atoms with Crippen molar-refractivity contribution in [2.24, 2.45) is 0 Å². The molecule has 27 heavy (non-hydrogen) atoms. The zero-order chi connectivity index (χ0) is 19.6. The lowest BCUT2D eigenvalue weighted by Crippen LogP contribution is -2.36. The Bertz CT molecular complexity index is 930. The van der Waals surface area contributed by atoms with Crippen LogP contribution in [0, 0.1) is 13.8 Å². The first-order valence-corrected chi connectivity index (χ1v) is 8.23. The van der Waals surface area contributed by atoms with E-state index in [0.29, 0.717) is 5.56 Å². The molecule has 0 saturated heterocycles. The SMILES string of the molecule is Cc1ccc(C(C)(CO)Nc2ncc(-c3nnc(C(F)F)o3)cn2)cc1C. The summed E-state index contributed by atoms with van der Waals surface area (Å²) in [5.41, 5.74) is 2.67. The number of aromatic nitrogens is 4. The molecule has 9 heteroatoms. The molecule has 0 fully saturated rings. The van der Waals surface area contributed by atoms with Crippen LogP contribution in [0.25, 0.3) is 11.5 Å². The van der Waals surface area contributed by atoms with E-state index < -0.39 is 17.9 Å². The Balaban J connectivity index is 1.82. The van der Waals surface area contributed by atoms with Gasteiger partial charge in [-0.05, 0) is 37.5 Å². The van der Waals surface area contributed by atoms with Crippen molar-refractivity contribution in [1.29, 1.82) is 0 Å². The zero-order valence-electron chi connectivity index (χ0n) is 15.1. The number of alkyl halides is 2. The number of benzene rings is 1. The Labute approximate surface area is 154 Å². The number of nitrogens with one attached hydrogen (secondary N) is 1. The highest BCUT2D eigenvalue weighted by Crippen LogP contribution is 2.27. The lowest BCUT2D eigenvalue weighted by atomic mass is 9.90. The van der Waals surface area contributed by atoms with Crippen LogP contribution in [0.3, 0.4) is 0 Å². The van der Waals surface area contributed by atoms with Gasteiger partial charge in [0.25, 0.3) is 11.8 Å². The molecule has 0 radical (unpaired) electrons. The second-order valence-electron chi connectivity index (χ2n) is 6.46. The third kappa shape index (κ3) is 3.92. The summed E-state index contributed by atoms with van der Waals surface area (Å²) in [6, 6.07) is 5.92. The van der Waals surface area contributed by atoms with Crippen molar-refractivity contribution in [3.63, 3.8) is 0 Å². The lowest BCUT2D eigenvalue weighted by molar-refractivity contribution is 0.116. The molecule has 2 heterocycles. The van der Waals surface area contributed by atoms with Gasteiger partial charge >= 0.3 is 6.43 Å². The monoisotopic (exact) mass is 375 g/mol. The number of aliphatic hydroxyl groups is 1. The van der Waals surface area contributed by atoms with Gasteiger partial charge in [0.1, 0.15) is 0 Å². The predicted molar refractivity (Wildman–Crippen MR) is 94.3 cm³/mol. The van der Waals surface area contributed by atoms with Gasteiger partial charge in [0.15, 0.2) is 0 Å².